The van der Waals surface area contributed by atoms with Gasteiger partial charge in [-0.05, 0) is 61.5 Å². The third kappa shape index (κ3) is 4.41. The van der Waals surface area contributed by atoms with E-state index < -0.39 is 0 Å². The van der Waals surface area contributed by atoms with Crippen LogP contribution in [0.4, 0.5) is 0 Å². The SMILES string of the molecule is Cc1cnc2n1-c1ccc(Br)cc1C(c1ccccn1)=N[C@H]2CCCOC(=O)c1cccs1. The van der Waals surface area contributed by atoms with Gasteiger partial charge < -0.3 is 4.74 Å². The maximum absolute atomic E-state index is 12.2. The molecule has 0 fully saturated rings. The van der Waals surface area contributed by atoms with Gasteiger partial charge in [0.1, 0.15) is 16.7 Å². The van der Waals surface area contributed by atoms with Crippen molar-refractivity contribution in [3.63, 3.8) is 0 Å². The van der Waals surface area contributed by atoms with E-state index in [4.69, 9.17) is 14.7 Å². The molecule has 0 saturated heterocycles. The Labute approximate surface area is 204 Å². The second kappa shape index (κ2) is 9.41. The quantitative estimate of drug-likeness (QED) is 0.233. The highest BCUT2D eigenvalue weighted by Gasteiger charge is 2.27. The molecule has 0 aliphatic carbocycles. The van der Waals surface area contributed by atoms with E-state index in [9.17, 15) is 4.79 Å². The molecule has 1 aliphatic heterocycles. The average Bonchev–Trinajstić information content (AvgIpc) is 3.47. The van der Waals surface area contributed by atoms with Crippen LogP contribution in [0.25, 0.3) is 5.69 Å². The number of imidazole rings is 1. The fourth-order valence-corrected chi connectivity index (χ4v) is 4.97. The topological polar surface area (TPSA) is 69.4 Å². The number of carbonyl (C=O) groups is 1. The van der Waals surface area contributed by atoms with Crippen LogP contribution in [0.1, 0.15) is 51.3 Å². The minimum atomic E-state index is -0.279. The summed E-state index contributed by atoms with van der Waals surface area (Å²) in [7, 11) is 0. The van der Waals surface area contributed by atoms with Crippen molar-refractivity contribution in [2.75, 3.05) is 6.61 Å². The normalized spacial score (nSPS) is 14.7. The van der Waals surface area contributed by atoms with Crippen LogP contribution in [0, 0.1) is 6.92 Å². The van der Waals surface area contributed by atoms with Gasteiger partial charge in [-0.25, -0.2) is 9.78 Å². The number of aliphatic imine (C=N–C) groups is 1. The minimum absolute atomic E-state index is 0.192. The van der Waals surface area contributed by atoms with Crippen LogP contribution in [-0.2, 0) is 4.74 Å². The molecule has 3 aromatic heterocycles. The van der Waals surface area contributed by atoms with E-state index in [0.29, 0.717) is 24.3 Å². The summed E-state index contributed by atoms with van der Waals surface area (Å²) in [4.78, 5) is 27.2. The number of aryl methyl sites for hydroxylation is 1. The second-order valence-corrected chi connectivity index (χ2v) is 9.58. The zero-order chi connectivity index (χ0) is 22.8. The van der Waals surface area contributed by atoms with E-state index in [1.54, 1.807) is 12.3 Å². The van der Waals surface area contributed by atoms with Crippen LogP contribution in [0.3, 0.4) is 0 Å². The number of esters is 1. The lowest BCUT2D eigenvalue weighted by molar-refractivity contribution is 0.0502. The van der Waals surface area contributed by atoms with Gasteiger partial charge in [0.2, 0.25) is 0 Å². The lowest BCUT2D eigenvalue weighted by Gasteiger charge is -2.14. The predicted molar refractivity (Wildman–Crippen MR) is 132 cm³/mol. The first-order valence-electron chi connectivity index (χ1n) is 10.7. The van der Waals surface area contributed by atoms with Gasteiger partial charge in [-0.3, -0.25) is 14.5 Å². The van der Waals surface area contributed by atoms with Gasteiger partial charge in [0.15, 0.2) is 0 Å². The summed E-state index contributed by atoms with van der Waals surface area (Å²) in [6.45, 7) is 2.38. The van der Waals surface area contributed by atoms with Crippen LogP contribution in [0.2, 0.25) is 0 Å². The highest BCUT2D eigenvalue weighted by Crippen LogP contribution is 2.34. The van der Waals surface area contributed by atoms with E-state index in [1.165, 1.54) is 11.3 Å². The number of aromatic nitrogens is 3. The van der Waals surface area contributed by atoms with Crippen molar-refractivity contribution in [3.8, 4) is 5.69 Å². The second-order valence-electron chi connectivity index (χ2n) is 7.72. The number of rotatable bonds is 6. The highest BCUT2D eigenvalue weighted by atomic mass is 79.9. The molecule has 4 heterocycles. The van der Waals surface area contributed by atoms with Gasteiger partial charge in [0.25, 0.3) is 0 Å². The molecule has 33 heavy (non-hydrogen) atoms. The van der Waals surface area contributed by atoms with Crippen molar-refractivity contribution in [2.45, 2.75) is 25.8 Å². The van der Waals surface area contributed by atoms with Gasteiger partial charge in [0.05, 0.1) is 23.7 Å². The van der Waals surface area contributed by atoms with E-state index in [2.05, 4.69) is 37.6 Å². The molecule has 0 amide bonds. The Morgan fingerprint density at radius 1 is 1.18 bits per heavy atom. The monoisotopic (exact) mass is 520 g/mol. The summed E-state index contributed by atoms with van der Waals surface area (Å²) in [6, 6.07) is 15.5. The Balaban J connectivity index is 1.47. The van der Waals surface area contributed by atoms with Crippen molar-refractivity contribution in [3.05, 3.63) is 98.4 Å². The van der Waals surface area contributed by atoms with Crippen molar-refractivity contribution >= 4 is 38.9 Å². The molecule has 1 atom stereocenters. The number of carbonyl (C=O) groups excluding carboxylic acids is 1. The molecule has 1 aromatic carbocycles. The molecule has 8 heteroatoms. The number of hydrogen-bond donors (Lipinski definition) is 0. The summed E-state index contributed by atoms with van der Waals surface area (Å²) < 4.78 is 8.61. The molecule has 4 aromatic rings. The van der Waals surface area contributed by atoms with Crippen LogP contribution >= 0.6 is 27.3 Å². The van der Waals surface area contributed by atoms with E-state index in [0.717, 1.165) is 38.6 Å². The average molecular weight is 521 g/mol. The van der Waals surface area contributed by atoms with Crippen LogP contribution in [-0.4, -0.2) is 32.8 Å². The highest BCUT2D eigenvalue weighted by molar-refractivity contribution is 9.10. The van der Waals surface area contributed by atoms with Crippen LogP contribution < -0.4 is 0 Å². The summed E-state index contributed by atoms with van der Waals surface area (Å²) in [5.41, 5.74) is 4.71. The van der Waals surface area contributed by atoms with Gasteiger partial charge in [-0.15, -0.1) is 11.3 Å². The molecule has 6 nitrogen and oxygen atoms in total. The number of nitrogens with zero attached hydrogens (tertiary/aromatic N) is 4. The Bertz CT molecular complexity index is 1320. The van der Waals surface area contributed by atoms with Gasteiger partial charge in [0, 0.05) is 28.1 Å². The zero-order valence-electron chi connectivity index (χ0n) is 17.9. The minimum Gasteiger partial charge on any atom is -0.462 e. The molecule has 0 bridgehead atoms. The predicted octanol–water partition coefficient (Wildman–Crippen LogP) is 5.93. The fraction of sp³-hybridized carbons (Fsp3) is 0.200. The maximum Gasteiger partial charge on any atom is 0.348 e. The number of fused-ring (bicyclic) bond motifs is 3. The first-order chi connectivity index (χ1) is 16.1. The smallest absolute Gasteiger partial charge is 0.348 e. The molecule has 166 valence electrons. The summed E-state index contributed by atoms with van der Waals surface area (Å²) in [5, 5.41) is 1.87. The van der Waals surface area contributed by atoms with Crippen molar-refractivity contribution in [1.82, 2.24) is 14.5 Å². The summed E-state index contributed by atoms with van der Waals surface area (Å²) >= 11 is 5.00. The Kier molecular flexibility index (Phi) is 6.20. The van der Waals surface area contributed by atoms with Gasteiger partial charge >= 0.3 is 5.97 Å². The molecule has 5 rings (SSSR count). The summed E-state index contributed by atoms with van der Waals surface area (Å²) in [6.07, 6.45) is 5.03. The fourth-order valence-electron chi connectivity index (χ4n) is 3.99. The molecule has 0 spiro atoms. The van der Waals surface area contributed by atoms with E-state index >= 15 is 0 Å². The van der Waals surface area contributed by atoms with Gasteiger partial charge in [-0.2, -0.15) is 0 Å². The first kappa shape index (κ1) is 21.7. The van der Waals surface area contributed by atoms with Crippen LogP contribution in [0.15, 0.2) is 75.8 Å². The number of pyridine rings is 1. The summed E-state index contributed by atoms with van der Waals surface area (Å²) in [5.74, 6) is 0.602. The standard InChI is InChI=1S/C25H21BrN4O2S/c1-16-15-28-24-20(7-4-12-32-25(31)22-8-5-13-33-22)29-23(19-6-2-3-11-27-19)18-14-17(26)9-10-21(18)30(16)24/h2-3,5-6,8-11,13-15,20H,4,7,12H2,1H3/t20-/m0/s1. The van der Waals surface area contributed by atoms with E-state index in [1.807, 2.05) is 48.8 Å². The largest absolute Gasteiger partial charge is 0.462 e. The number of hydrogen-bond acceptors (Lipinski definition) is 6. The van der Waals surface area contributed by atoms with Crippen LogP contribution in [0.5, 0.6) is 0 Å². The zero-order valence-corrected chi connectivity index (χ0v) is 20.3. The third-order valence-corrected chi connectivity index (χ3v) is 6.83. The number of halogens is 1. The lowest BCUT2D eigenvalue weighted by Crippen LogP contribution is -2.09. The third-order valence-electron chi connectivity index (χ3n) is 5.49. The molecular formula is C25H21BrN4O2S. The van der Waals surface area contributed by atoms with Crippen molar-refractivity contribution in [2.24, 2.45) is 4.99 Å². The number of ether oxygens (including phenoxy) is 1. The Morgan fingerprint density at radius 3 is 2.88 bits per heavy atom. The van der Waals surface area contributed by atoms with Crippen molar-refractivity contribution < 1.29 is 9.53 Å². The number of benzene rings is 1. The molecule has 1 aliphatic rings. The van der Waals surface area contributed by atoms with Gasteiger partial charge in [-0.1, -0.05) is 28.1 Å². The molecule has 0 N–H and O–H groups in total. The molecule has 0 radical (unpaired) electrons. The lowest BCUT2D eigenvalue weighted by atomic mass is 10.0. The Hall–Kier alpha value is -3.10. The Morgan fingerprint density at radius 2 is 2.09 bits per heavy atom. The van der Waals surface area contributed by atoms with Crippen molar-refractivity contribution in [1.29, 1.82) is 0 Å². The number of thiophene rings is 1. The molecule has 0 saturated carbocycles. The molecular weight excluding hydrogens is 500 g/mol. The maximum atomic E-state index is 12.2. The first-order valence-corrected chi connectivity index (χ1v) is 12.3. The molecule has 0 unspecified atom stereocenters. The van der Waals surface area contributed by atoms with E-state index in [-0.39, 0.29) is 12.0 Å².